The summed E-state index contributed by atoms with van der Waals surface area (Å²) in [5.74, 6) is 0.449. The Morgan fingerprint density at radius 2 is 2.00 bits per heavy atom. The van der Waals surface area contributed by atoms with E-state index < -0.39 is 0 Å². The molecule has 1 aromatic carbocycles. The first-order chi connectivity index (χ1) is 14.2. The van der Waals surface area contributed by atoms with E-state index in [2.05, 4.69) is 9.55 Å². The second kappa shape index (κ2) is 7.55. The predicted molar refractivity (Wildman–Crippen MR) is 106 cm³/mol. The summed E-state index contributed by atoms with van der Waals surface area (Å²) in [6.45, 7) is 2.01. The first kappa shape index (κ1) is 18.2. The molecule has 2 aliphatic heterocycles. The largest absolute Gasteiger partial charge is 0.370 e. The van der Waals surface area contributed by atoms with E-state index in [1.807, 2.05) is 17.0 Å². The summed E-state index contributed by atoms with van der Waals surface area (Å²) in [6.07, 6.45) is 5.44. The van der Waals surface area contributed by atoms with Crippen LogP contribution in [-0.4, -0.2) is 45.0 Å². The normalized spacial score (nSPS) is 20.4. The van der Waals surface area contributed by atoms with Gasteiger partial charge in [-0.2, -0.15) is 0 Å². The van der Waals surface area contributed by atoms with Crippen molar-refractivity contribution >= 4 is 17.1 Å². The second-order valence-corrected chi connectivity index (χ2v) is 7.72. The molecule has 2 fully saturated rings. The number of ether oxygens (including phenoxy) is 1. The van der Waals surface area contributed by atoms with Crippen molar-refractivity contribution in [3.05, 3.63) is 59.8 Å². The van der Waals surface area contributed by atoms with Gasteiger partial charge in [0.15, 0.2) is 5.65 Å². The zero-order chi connectivity index (χ0) is 19.8. The topological polar surface area (TPSA) is 60.2 Å². The van der Waals surface area contributed by atoms with Crippen LogP contribution in [0.15, 0.2) is 42.6 Å². The molecule has 150 valence electrons. The smallest absolute Gasteiger partial charge is 0.253 e. The maximum atomic E-state index is 13.5. The predicted octanol–water partition coefficient (Wildman–Crippen LogP) is 3.90. The molecular weight excluding hydrogens is 371 g/mol. The molecule has 2 aromatic heterocycles. The quantitative estimate of drug-likeness (QED) is 0.676. The van der Waals surface area contributed by atoms with Crippen molar-refractivity contribution < 1.29 is 13.9 Å². The number of hydrogen-bond donors (Lipinski definition) is 0. The van der Waals surface area contributed by atoms with Crippen molar-refractivity contribution in [1.82, 2.24) is 19.4 Å². The number of aromatic nitrogens is 3. The fourth-order valence-electron chi connectivity index (χ4n) is 4.45. The SMILES string of the molecule is O=C(c1cccc(F)c1)N1CCC(n2c([C@@H]3CCCO3)nc3cccnc32)CC1. The van der Waals surface area contributed by atoms with Gasteiger partial charge in [0, 0.05) is 37.5 Å². The zero-order valence-corrected chi connectivity index (χ0v) is 16.1. The minimum absolute atomic E-state index is 0.0103. The van der Waals surface area contributed by atoms with E-state index in [0.29, 0.717) is 18.7 Å². The molecular formula is C22H23FN4O2. The monoisotopic (exact) mass is 394 g/mol. The number of carbonyl (C=O) groups excluding carboxylic acids is 1. The molecule has 29 heavy (non-hydrogen) atoms. The average Bonchev–Trinajstić information content (AvgIpc) is 3.41. The van der Waals surface area contributed by atoms with Crippen LogP contribution in [0, 0.1) is 5.82 Å². The highest BCUT2D eigenvalue weighted by molar-refractivity contribution is 5.94. The molecule has 1 atom stereocenters. The van der Waals surface area contributed by atoms with Crippen molar-refractivity contribution in [2.75, 3.05) is 19.7 Å². The number of benzene rings is 1. The molecule has 2 saturated heterocycles. The van der Waals surface area contributed by atoms with Crippen molar-refractivity contribution in [2.24, 2.45) is 0 Å². The Kier molecular flexibility index (Phi) is 4.75. The number of piperidine rings is 1. The van der Waals surface area contributed by atoms with E-state index in [1.165, 1.54) is 12.1 Å². The van der Waals surface area contributed by atoms with Gasteiger partial charge in [-0.25, -0.2) is 14.4 Å². The highest BCUT2D eigenvalue weighted by Gasteiger charge is 2.31. The Morgan fingerprint density at radius 3 is 2.76 bits per heavy atom. The Morgan fingerprint density at radius 1 is 1.14 bits per heavy atom. The van der Waals surface area contributed by atoms with Crippen LogP contribution in [0.1, 0.15) is 54.0 Å². The van der Waals surface area contributed by atoms with Gasteiger partial charge in [-0.3, -0.25) is 4.79 Å². The third-order valence-electron chi connectivity index (χ3n) is 5.88. The van der Waals surface area contributed by atoms with E-state index >= 15 is 0 Å². The highest BCUT2D eigenvalue weighted by atomic mass is 19.1. The minimum Gasteiger partial charge on any atom is -0.370 e. The maximum Gasteiger partial charge on any atom is 0.253 e. The third-order valence-corrected chi connectivity index (χ3v) is 5.88. The summed E-state index contributed by atoms with van der Waals surface area (Å²) in [5.41, 5.74) is 2.17. The molecule has 4 heterocycles. The van der Waals surface area contributed by atoms with Crippen molar-refractivity contribution in [3.63, 3.8) is 0 Å². The summed E-state index contributed by atoms with van der Waals surface area (Å²) >= 11 is 0. The Balaban J connectivity index is 1.39. The van der Waals surface area contributed by atoms with Gasteiger partial charge in [-0.05, 0) is 56.0 Å². The molecule has 0 N–H and O–H groups in total. The molecule has 0 saturated carbocycles. The zero-order valence-electron chi connectivity index (χ0n) is 16.1. The van der Waals surface area contributed by atoms with E-state index in [-0.39, 0.29) is 23.9 Å². The van der Waals surface area contributed by atoms with Gasteiger partial charge < -0.3 is 14.2 Å². The van der Waals surface area contributed by atoms with Gasteiger partial charge >= 0.3 is 0 Å². The third kappa shape index (κ3) is 3.40. The first-order valence-corrected chi connectivity index (χ1v) is 10.2. The number of halogens is 1. The average molecular weight is 394 g/mol. The Labute approximate surface area is 168 Å². The number of pyridine rings is 1. The minimum atomic E-state index is -0.386. The molecule has 0 aliphatic carbocycles. The number of likely N-dealkylation sites (tertiary alicyclic amines) is 1. The van der Waals surface area contributed by atoms with Crippen LogP contribution in [0.2, 0.25) is 0 Å². The summed E-state index contributed by atoms with van der Waals surface area (Å²) in [5, 5.41) is 0. The molecule has 0 spiro atoms. The standard InChI is InChI=1S/C22H23FN4O2/c23-16-5-1-4-15(14-16)22(28)26-11-8-17(9-12-26)27-20-18(6-2-10-24-20)25-21(27)19-7-3-13-29-19/h1-2,4-6,10,14,17,19H,3,7-9,11-13H2/t19-/m0/s1. The molecule has 0 bridgehead atoms. The maximum absolute atomic E-state index is 13.5. The van der Waals surface area contributed by atoms with E-state index in [0.717, 1.165) is 49.3 Å². The summed E-state index contributed by atoms with van der Waals surface area (Å²) in [7, 11) is 0. The fraction of sp³-hybridized carbons (Fsp3) is 0.409. The lowest BCUT2D eigenvalue weighted by molar-refractivity contribution is 0.0681. The van der Waals surface area contributed by atoms with Gasteiger partial charge in [-0.1, -0.05) is 6.07 Å². The number of rotatable bonds is 3. The van der Waals surface area contributed by atoms with Gasteiger partial charge in [-0.15, -0.1) is 0 Å². The number of nitrogens with zero attached hydrogens (tertiary/aromatic N) is 4. The Bertz CT molecular complexity index is 1040. The van der Waals surface area contributed by atoms with E-state index in [1.54, 1.807) is 18.3 Å². The van der Waals surface area contributed by atoms with E-state index in [9.17, 15) is 9.18 Å². The van der Waals surface area contributed by atoms with Crippen LogP contribution in [-0.2, 0) is 4.74 Å². The summed E-state index contributed by atoms with van der Waals surface area (Å²) in [6, 6.07) is 10.0. The first-order valence-electron chi connectivity index (χ1n) is 10.2. The highest BCUT2D eigenvalue weighted by Crippen LogP contribution is 2.35. The van der Waals surface area contributed by atoms with Crippen LogP contribution < -0.4 is 0 Å². The van der Waals surface area contributed by atoms with E-state index in [4.69, 9.17) is 9.72 Å². The van der Waals surface area contributed by atoms with Crippen molar-refractivity contribution in [2.45, 2.75) is 37.8 Å². The molecule has 7 heteroatoms. The van der Waals surface area contributed by atoms with Gasteiger partial charge in [0.1, 0.15) is 23.3 Å². The lowest BCUT2D eigenvalue weighted by Crippen LogP contribution is -2.39. The lowest BCUT2D eigenvalue weighted by atomic mass is 10.0. The fourth-order valence-corrected chi connectivity index (χ4v) is 4.45. The Hall–Kier alpha value is -2.80. The number of carbonyl (C=O) groups is 1. The molecule has 3 aromatic rings. The van der Waals surface area contributed by atoms with Crippen LogP contribution in [0.3, 0.4) is 0 Å². The lowest BCUT2D eigenvalue weighted by Gasteiger charge is -2.34. The summed E-state index contributed by atoms with van der Waals surface area (Å²) in [4.78, 5) is 24.0. The number of amides is 1. The molecule has 2 aliphatic rings. The van der Waals surface area contributed by atoms with Gasteiger partial charge in [0.05, 0.1) is 0 Å². The summed E-state index contributed by atoms with van der Waals surface area (Å²) < 4.78 is 21.6. The van der Waals surface area contributed by atoms with Crippen LogP contribution >= 0.6 is 0 Å². The number of hydrogen-bond acceptors (Lipinski definition) is 4. The van der Waals surface area contributed by atoms with Crippen LogP contribution in [0.25, 0.3) is 11.2 Å². The van der Waals surface area contributed by atoms with Crippen LogP contribution in [0.4, 0.5) is 4.39 Å². The molecule has 0 radical (unpaired) electrons. The number of fused-ring (bicyclic) bond motifs is 1. The van der Waals surface area contributed by atoms with Gasteiger partial charge in [0.25, 0.3) is 5.91 Å². The molecule has 0 unspecified atom stereocenters. The molecule has 6 nitrogen and oxygen atoms in total. The molecule has 5 rings (SSSR count). The van der Waals surface area contributed by atoms with Crippen molar-refractivity contribution in [3.8, 4) is 0 Å². The molecule has 1 amide bonds. The van der Waals surface area contributed by atoms with Crippen LogP contribution in [0.5, 0.6) is 0 Å². The van der Waals surface area contributed by atoms with Crippen molar-refractivity contribution in [1.29, 1.82) is 0 Å². The second-order valence-electron chi connectivity index (χ2n) is 7.72. The van der Waals surface area contributed by atoms with Gasteiger partial charge in [0.2, 0.25) is 0 Å². The number of imidazole rings is 1.